The van der Waals surface area contributed by atoms with Gasteiger partial charge in [0.25, 0.3) is 0 Å². The van der Waals surface area contributed by atoms with Crippen LogP contribution in [-0.4, -0.2) is 10.6 Å². The molecule has 1 atom stereocenters. The van der Waals surface area contributed by atoms with Gasteiger partial charge in [0.2, 0.25) is 0 Å². The topological polar surface area (TPSA) is 17.1 Å². The second kappa shape index (κ2) is 5.83. The molecule has 16 heavy (non-hydrogen) atoms. The van der Waals surface area contributed by atoms with Crippen molar-refractivity contribution >= 4 is 33.3 Å². The molecule has 0 amide bonds. The fourth-order valence-electron chi connectivity index (χ4n) is 1.54. The number of Topliss-reactive ketones (excluding diaryl/α,β-unsaturated/α-hetero) is 1. The van der Waals surface area contributed by atoms with Gasteiger partial charge >= 0.3 is 0 Å². The van der Waals surface area contributed by atoms with Gasteiger partial charge in [0.1, 0.15) is 5.78 Å². The van der Waals surface area contributed by atoms with Gasteiger partial charge in [-0.05, 0) is 36.6 Å². The van der Waals surface area contributed by atoms with Crippen LogP contribution in [0.25, 0.3) is 0 Å². The van der Waals surface area contributed by atoms with Gasteiger partial charge in [-0.1, -0.05) is 47.4 Å². The first-order valence-corrected chi connectivity index (χ1v) is 6.64. The number of halogens is 2. The second-order valence-electron chi connectivity index (χ2n) is 4.30. The molecule has 0 bridgehead atoms. The lowest BCUT2D eigenvalue weighted by Crippen LogP contribution is -2.22. The Balaban J connectivity index is 2.77. The van der Waals surface area contributed by atoms with Crippen molar-refractivity contribution in [3.8, 4) is 0 Å². The van der Waals surface area contributed by atoms with E-state index in [2.05, 4.69) is 15.9 Å². The minimum atomic E-state index is -0.104. The minimum Gasteiger partial charge on any atom is -0.298 e. The summed E-state index contributed by atoms with van der Waals surface area (Å²) in [5.41, 5.74) is 2.30. The average molecular weight is 304 g/mol. The highest BCUT2D eigenvalue weighted by atomic mass is 79.9. The van der Waals surface area contributed by atoms with Crippen molar-refractivity contribution < 1.29 is 4.79 Å². The van der Waals surface area contributed by atoms with E-state index < -0.39 is 0 Å². The van der Waals surface area contributed by atoms with Crippen molar-refractivity contribution in [2.45, 2.75) is 32.0 Å². The predicted molar refractivity (Wildman–Crippen MR) is 72.5 cm³/mol. The van der Waals surface area contributed by atoms with E-state index in [-0.39, 0.29) is 16.5 Å². The minimum absolute atomic E-state index is 0.0666. The number of hydrogen-bond acceptors (Lipinski definition) is 1. The Bertz CT molecular complexity index is 388. The Kier molecular flexibility index (Phi) is 5.00. The van der Waals surface area contributed by atoms with Crippen LogP contribution >= 0.6 is 27.5 Å². The highest BCUT2D eigenvalue weighted by Gasteiger charge is 2.19. The van der Waals surface area contributed by atoms with Gasteiger partial charge in [-0.25, -0.2) is 0 Å². The second-order valence-corrected chi connectivity index (χ2v) is 5.84. The molecule has 0 radical (unpaired) electrons. The molecular formula is C13H16BrClO. The van der Waals surface area contributed by atoms with Crippen LogP contribution < -0.4 is 0 Å². The van der Waals surface area contributed by atoms with Gasteiger partial charge in [-0.3, -0.25) is 4.79 Å². The van der Waals surface area contributed by atoms with Crippen LogP contribution in [0.5, 0.6) is 0 Å². The summed E-state index contributed by atoms with van der Waals surface area (Å²) < 4.78 is 0. The zero-order chi connectivity index (χ0) is 12.3. The monoisotopic (exact) mass is 302 g/mol. The lowest BCUT2D eigenvalue weighted by Gasteiger charge is -2.13. The van der Waals surface area contributed by atoms with E-state index >= 15 is 0 Å². The quantitative estimate of drug-likeness (QED) is 0.763. The molecular weight excluding hydrogens is 287 g/mol. The SMILES string of the molecule is Cc1cc(Cl)ccc1CC(Br)C(=O)C(C)C. The third-order valence-electron chi connectivity index (χ3n) is 2.58. The molecule has 1 nitrogen and oxygen atoms in total. The average Bonchev–Trinajstić information content (AvgIpc) is 2.20. The van der Waals surface area contributed by atoms with Crippen LogP contribution in [0.15, 0.2) is 18.2 Å². The third-order valence-corrected chi connectivity index (χ3v) is 3.59. The van der Waals surface area contributed by atoms with E-state index in [1.54, 1.807) is 0 Å². The summed E-state index contributed by atoms with van der Waals surface area (Å²) in [5.74, 6) is 0.311. The largest absolute Gasteiger partial charge is 0.298 e. The molecule has 0 aliphatic rings. The Morgan fingerprint density at radius 2 is 2.06 bits per heavy atom. The fourth-order valence-corrected chi connectivity index (χ4v) is 2.65. The molecule has 0 saturated heterocycles. The molecule has 0 aliphatic carbocycles. The van der Waals surface area contributed by atoms with Crippen LogP contribution in [0.4, 0.5) is 0 Å². The summed E-state index contributed by atoms with van der Waals surface area (Å²) in [4.78, 5) is 11.6. The summed E-state index contributed by atoms with van der Waals surface area (Å²) in [6.07, 6.45) is 0.722. The van der Waals surface area contributed by atoms with Crippen molar-refractivity contribution in [2.75, 3.05) is 0 Å². The standard InChI is InChI=1S/C13H16BrClO/c1-8(2)13(16)12(14)7-10-4-5-11(15)6-9(10)3/h4-6,8,12H,7H2,1-3H3. The molecule has 0 aliphatic heterocycles. The number of benzene rings is 1. The lowest BCUT2D eigenvalue weighted by molar-refractivity contribution is -0.121. The number of ketones is 1. The Labute approximate surface area is 110 Å². The zero-order valence-corrected chi connectivity index (χ0v) is 12.1. The molecule has 0 heterocycles. The van der Waals surface area contributed by atoms with Gasteiger partial charge in [0.05, 0.1) is 4.83 Å². The van der Waals surface area contributed by atoms with E-state index in [1.807, 2.05) is 39.0 Å². The highest BCUT2D eigenvalue weighted by molar-refractivity contribution is 9.10. The summed E-state index contributed by atoms with van der Waals surface area (Å²) in [6, 6.07) is 5.78. The van der Waals surface area contributed by atoms with Crippen LogP contribution in [-0.2, 0) is 11.2 Å². The molecule has 88 valence electrons. The first-order chi connectivity index (χ1) is 7.41. The normalized spacial score (nSPS) is 12.9. The molecule has 0 fully saturated rings. The molecule has 1 aromatic carbocycles. The van der Waals surface area contributed by atoms with Crippen LogP contribution in [0.3, 0.4) is 0 Å². The molecule has 0 N–H and O–H groups in total. The van der Waals surface area contributed by atoms with Crippen LogP contribution in [0.1, 0.15) is 25.0 Å². The first-order valence-electron chi connectivity index (χ1n) is 5.34. The number of rotatable bonds is 4. The van der Waals surface area contributed by atoms with E-state index in [1.165, 1.54) is 5.56 Å². The molecule has 0 spiro atoms. The number of carbonyl (C=O) groups excluding carboxylic acids is 1. The Morgan fingerprint density at radius 1 is 1.44 bits per heavy atom. The number of carbonyl (C=O) groups is 1. The number of aryl methyl sites for hydroxylation is 1. The molecule has 1 aromatic rings. The predicted octanol–water partition coefficient (Wildman–Crippen LogP) is 4.18. The van der Waals surface area contributed by atoms with Crippen molar-refractivity contribution in [1.29, 1.82) is 0 Å². The van der Waals surface area contributed by atoms with Crippen molar-refractivity contribution in [3.63, 3.8) is 0 Å². The van der Waals surface area contributed by atoms with E-state index in [0.717, 1.165) is 17.0 Å². The van der Waals surface area contributed by atoms with Gasteiger partial charge in [-0.2, -0.15) is 0 Å². The maximum atomic E-state index is 11.8. The Morgan fingerprint density at radius 3 is 2.56 bits per heavy atom. The van der Waals surface area contributed by atoms with E-state index in [4.69, 9.17) is 11.6 Å². The lowest BCUT2D eigenvalue weighted by atomic mass is 9.98. The maximum absolute atomic E-state index is 11.8. The fraction of sp³-hybridized carbons (Fsp3) is 0.462. The number of hydrogen-bond donors (Lipinski definition) is 0. The Hall–Kier alpha value is -0.340. The first kappa shape index (κ1) is 13.7. The number of alkyl halides is 1. The van der Waals surface area contributed by atoms with E-state index in [0.29, 0.717) is 0 Å². The van der Waals surface area contributed by atoms with Crippen molar-refractivity contribution in [2.24, 2.45) is 5.92 Å². The summed E-state index contributed by atoms with van der Waals surface area (Å²) in [7, 11) is 0. The van der Waals surface area contributed by atoms with Crippen molar-refractivity contribution in [1.82, 2.24) is 0 Å². The van der Waals surface area contributed by atoms with Gasteiger partial charge in [-0.15, -0.1) is 0 Å². The zero-order valence-electron chi connectivity index (χ0n) is 9.76. The highest BCUT2D eigenvalue weighted by Crippen LogP contribution is 2.20. The smallest absolute Gasteiger partial charge is 0.149 e. The van der Waals surface area contributed by atoms with Crippen LogP contribution in [0.2, 0.25) is 5.02 Å². The third kappa shape index (κ3) is 3.60. The van der Waals surface area contributed by atoms with Gasteiger partial charge < -0.3 is 0 Å². The molecule has 1 unspecified atom stereocenters. The molecule has 3 heteroatoms. The van der Waals surface area contributed by atoms with Gasteiger partial charge in [0.15, 0.2) is 0 Å². The van der Waals surface area contributed by atoms with Crippen LogP contribution in [0, 0.1) is 12.8 Å². The molecule has 0 aromatic heterocycles. The molecule has 0 saturated carbocycles. The summed E-state index contributed by atoms with van der Waals surface area (Å²) >= 11 is 9.34. The van der Waals surface area contributed by atoms with Crippen molar-refractivity contribution in [3.05, 3.63) is 34.3 Å². The van der Waals surface area contributed by atoms with E-state index in [9.17, 15) is 4.79 Å². The van der Waals surface area contributed by atoms with Gasteiger partial charge in [0, 0.05) is 10.9 Å². The maximum Gasteiger partial charge on any atom is 0.149 e. The summed E-state index contributed by atoms with van der Waals surface area (Å²) in [6.45, 7) is 5.86. The summed E-state index contributed by atoms with van der Waals surface area (Å²) in [5, 5.41) is 0.738. The molecule has 1 rings (SSSR count).